The van der Waals surface area contributed by atoms with Gasteiger partial charge in [0.2, 0.25) is 5.91 Å². The van der Waals surface area contributed by atoms with Crippen LogP contribution in [0.1, 0.15) is 45.4 Å². The Balaban J connectivity index is 1.90. The van der Waals surface area contributed by atoms with Gasteiger partial charge < -0.3 is 15.0 Å². The van der Waals surface area contributed by atoms with Gasteiger partial charge in [0.05, 0.1) is 18.6 Å². The summed E-state index contributed by atoms with van der Waals surface area (Å²) in [5, 5.41) is 3.34. The minimum absolute atomic E-state index is 0.0570. The standard InChI is InChI=1S/C15H26N2O3/c1-2-20-15(19)12-7-6-10-17(11-12)14(18)13-8-4-3-5-9-16-13/h12-13,16H,2-11H2,1H3. The molecule has 0 bridgehead atoms. The molecule has 2 fully saturated rings. The van der Waals surface area contributed by atoms with Crippen LogP contribution < -0.4 is 5.32 Å². The van der Waals surface area contributed by atoms with Crippen molar-refractivity contribution in [3.63, 3.8) is 0 Å². The molecule has 20 heavy (non-hydrogen) atoms. The maximum atomic E-state index is 12.5. The molecule has 1 amide bonds. The fourth-order valence-corrected chi connectivity index (χ4v) is 3.09. The van der Waals surface area contributed by atoms with Crippen molar-refractivity contribution in [3.8, 4) is 0 Å². The molecule has 0 aliphatic carbocycles. The molecule has 0 radical (unpaired) electrons. The number of ether oxygens (including phenoxy) is 1. The first-order chi connectivity index (χ1) is 9.72. The third kappa shape index (κ3) is 3.95. The Hall–Kier alpha value is -1.10. The second-order valence-electron chi connectivity index (χ2n) is 5.73. The van der Waals surface area contributed by atoms with Crippen LogP contribution in [0.2, 0.25) is 0 Å². The number of hydrogen-bond donors (Lipinski definition) is 1. The Bertz CT molecular complexity index is 338. The quantitative estimate of drug-likeness (QED) is 0.793. The highest BCUT2D eigenvalue weighted by Gasteiger charge is 2.32. The minimum Gasteiger partial charge on any atom is -0.466 e. The lowest BCUT2D eigenvalue weighted by Crippen LogP contribution is -2.50. The molecule has 2 rings (SSSR count). The summed E-state index contributed by atoms with van der Waals surface area (Å²) in [5.74, 6) is -0.127. The Morgan fingerprint density at radius 1 is 1.20 bits per heavy atom. The maximum absolute atomic E-state index is 12.5. The van der Waals surface area contributed by atoms with Gasteiger partial charge in [0.15, 0.2) is 0 Å². The predicted octanol–water partition coefficient (Wildman–Crippen LogP) is 1.32. The van der Waals surface area contributed by atoms with Crippen LogP contribution in [0.5, 0.6) is 0 Å². The van der Waals surface area contributed by atoms with Gasteiger partial charge in [-0.15, -0.1) is 0 Å². The zero-order valence-electron chi connectivity index (χ0n) is 12.4. The van der Waals surface area contributed by atoms with Gasteiger partial charge in [-0.1, -0.05) is 12.8 Å². The average molecular weight is 282 g/mol. The van der Waals surface area contributed by atoms with Crippen LogP contribution in [0, 0.1) is 5.92 Å². The number of esters is 1. The smallest absolute Gasteiger partial charge is 0.310 e. The number of rotatable bonds is 3. The fourth-order valence-electron chi connectivity index (χ4n) is 3.09. The molecule has 0 aromatic carbocycles. The summed E-state index contributed by atoms with van der Waals surface area (Å²) in [4.78, 5) is 26.2. The molecule has 5 nitrogen and oxygen atoms in total. The van der Waals surface area contributed by atoms with Crippen LogP contribution in [0.25, 0.3) is 0 Å². The van der Waals surface area contributed by atoms with Gasteiger partial charge in [-0.25, -0.2) is 0 Å². The van der Waals surface area contributed by atoms with Gasteiger partial charge in [-0.2, -0.15) is 0 Å². The Morgan fingerprint density at radius 3 is 2.85 bits per heavy atom. The fraction of sp³-hybridized carbons (Fsp3) is 0.867. The molecule has 0 saturated carbocycles. The number of piperidine rings is 1. The van der Waals surface area contributed by atoms with Crippen LogP contribution >= 0.6 is 0 Å². The molecule has 0 spiro atoms. The Kier molecular flexibility index (Phi) is 5.83. The molecule has 2 heterocycles. The van der Waals surface area contributed by atoms with E-state index in [4.69, 9.17) is 4.74 Å². The predicted molar refractivity (Wildman–Crippen MR) is 76.2 cm³/mol. The average Bonchev–Trinajstić information content (AvgIpc) is 2.76. The number of likely N-dealkylation sites (tertiary alicyclic amines) is 1. The highest BCUT2D eigenvalue weighted by Crippen LogP contribution is 2.20. The first-order valence-electron chi connectivity index (χ1n) is 7.91. The molecule has 2 aliphatic rings. The molecule has 2 unspecified atom stereocenters. The van der Waals surface area contributed by atoms with Crippen LogP contribution in [-0.4, -0.2) is 49.1 Å². The number of hydrogen-bond acceptors (Lipinski definition) is 4. The van der Waals surface area contributed by atoms with E-state index in [0.717, 1.165) is 45.2 Å². The van der Waals surface area contributed by atoms with E-state index in [-0.39, 0.29) is 23.8 Å². The Labute approximate surface area is 121 Å². The number of carbonyl (C=O) groups excluding carboxylic acids is 2. The van der Waals surface area contributed by atoms with E-state index in [1.165, 1.54) is 6.42 Å². The van der Waals surface area contributed by atoms with Crippen molar-refractivity contribution in [2.24, 2.45) is 5.92 Å². The molecule has 2 atom stereocenters. The summed E-state index contributed by atoms with van der Waals surface area (Å²) in [5.41, 5.74) is 0. The third-order valence-electron chi connectivity index (χ3n) is 4.21. The van der Waals surface area contributed by atoms with Gasteiger partial charge in [-0.05, 0) is 39.2 Å². The summed E-state index contributed by atoms with van der Waals surface area (Å²) >= 11 is 0. The monoisotopic (exact) mass is 282 g/mol. The van der Waals surface area contributed by atoms with Crippen molar-refractivity contribution < 1.29 is 14.3 Å². The minimum atomic E-state index is -0.154. The number of nitrogens with one attached hydrogen (secondary N) is 1. The van der Waals surface area contributed by atoms with Gasteiger partial charge in [-0.3, -0.25) is 9.59 Å². The third-order valence-corrected chi connectivity index (χ3v) is 4.21. The highest BCUT2D eigenvalue weighted by atomic mass is 16.5. The summed E-state index contributed by atoms with van der Waals surface area (Å²) in [6.07, 6.45) is 6.10. The molecule has 5 heteroatoms. The van der Waals surface area contributed by atoms with Crippen LogP contribution in [0.15, 0.2) is 0 Å². The lowest BCUT2D eigenvalue weighted by atomic mass is 9.97. The van der Waals surface area contributed by atoms with E-state index in [9.17, 15) is 9.59 Å². The first-order valence-corrected chi connectivity index (χ1v) is 7.91. The van der Waals surface area contributed by atoms with Crippen molar-refractivity contribution in [1.82, 2.24) is 10.2 Å². The first kappa shape index (κ1) is 15.3. The van der Waals surface area contributed by atoms with E-state index >= 15 is 0 Å². The van der Waals surface area contributed by atoms with E-state index in [2.05, 4.69) is 5.32 Å². The van der Waals surface area contributed by atoms with Crippen molar-refractivity contribution >= 4 is 11.9 Å². The van der Waals surface area contributed by atoms with Gasteiger partial charge in [0, 0.05) is 13.1 Å². The number of carbonyl (C=O) groups is 2. The molecular weight excluding hydrogens is 256 g/mol. The maximum Gasteiger partial charge on any atom is 0.310 e. The molecule has 0 aromatic rings. The highest BCUT2D eigenvalue weighted by molar-refractivity contribution is 5.83. The summed E-state index contributed by atoms with van der Waals surface area (Å²) < 4.78 is 5.08. The van der Waals surface area contributed by atoms with Gasteiger partial charge >= 0.3 is 5.97 Å². The SMILES string of the molecule is CCOC(=O)C1CCCN(C(=O)C2CCCCCN2)C1. The summed E-state index contributed by atoms with van der Waals surface area (Å²) in [6, 6.07) is -0.0570. The van der Waals surface area contributed by atoms with Crippen LogP contribution in [-0.2, 0) is 14.3 Å². The van der Waals surface area contributed by atoms with E-state index in [1.807, 2.05) is 11.8 Å². The molecule has 1 N–H and O–H groups in total. The van der Waals surface area contributed by atoms with Crippen molar-refractivity contribution in [2.45, 2.75) is 51.5 Å². The summed E-state index contributed by atoms with van der Waals surface area (Å²) in [6.45, 7) is 4.45. The molecule has 2 saturated heterocycles. The zero-order chi connectivity index (χ0) is 14.4. The van der Waals surface area contributed by atoms with Crippen molar-refractivity contribution in [2.75, 3.05) is 26.2 Å². The summed E-state index contributed by atoms with van der Waals surface area (Å²) in [7, 11) is 0. The molecule has 114 valence electrons. The largest absolute Gasteiger partial charge is 0.466 e. The molecule has 2 aliphatic heterocycles. The van der Waals surface area contributed by atoms with Gasteiger partial charge in [0.25, 0.3) is 0 Å². The molecule has 0 aromatic heterocycles. The molecular formula is C15H26N2O3. The van der Waals surface area contributed by atoms with Crippen LogP contribution in [0.4, 0.5) is 0 Å². The Morgan fingerprint density at radius 2 is 2.05 bits per heavy atom. The number of amides is 1. The van der Waals surface area contributed by atoms with Crippen LogP contribution in [0.3, 0.4) is 0 Å². The number of nitrogens with zero attached hydrogens (tertiary/aromatic N) is 1. The van der Waals surface area contributed by atoms with E-state index in [0.29, 0.717) is 13.2 Å². The second-order valence-corrected chi connectivity index (χ2v) is 5.73. The van der Waals surface area contributed by atoms with Crippen molar-refractivity contribution in [3.05, 3.63) is 0 Å². The van der Waals surface area contributed by atoms with E-state index < -0.39 is 0 Å². The normalized spacial score (nSPS) is 27.8. The lowest BCUT2D eigenvalue weighted by Gasteiger charge is -2.34. The zero-order valence-corrected chi connectivity index (χ0v) is 12.4. The van der Waals surface area contributed by atoms with Crippen molar-refractivity contribution in [1.29, 1.82) is 0 Å². The van der Waals surface area contributed by atoms with E-state index in [1.54, 1.807) is 0 Å². The lowest BCUT2D eigenvalue weighted by molar-refractivity contribution is -0.151. The second kappa shape index (κ2) is 7.62. The van der Waals surface area contributed by atoms with Gasteiger partial charge in [0.1, 0.15) is 0 Å². The topological polar surface area (TPSA) is 58.6 Å².